The molecule has 0 saturated carbocycles. The van der Waals surface area contributed by atoms with Gasteiger partial charge >= 0.3 is 5.97 Å². The van der Waals surface area contributed by atoms with Crippen molar-refractivity contribution in [3.8, 4) is 0 Å². The fraction of sp³-hybridized carbons (Fsp3) is 0.250. The average molecular weight is 305 g/mol. The number of benzene rings is 1. The molecule has 1 unspecified atom stereocenters. The van der Waals surface area contributed by atoms with Crippen molar-refractivity contribution in [2.45, 2.75) is 19.4 Å². The van der Waals surface area contributed by atoms with Crippen LogP contribution < -0.4 is 5.32 Å². The van der Waals surface area contributed by atoms with Crippen molar-refractivity contribution in [2.75, 3.05) is 11.9 Å². The predicted octanol–water partition coefficient (Wildman–Crippen LogP) is 3.63. The van der Waals surface area contributed by atoms with E-state index in [1.807, 2.05) is 12.1 Å². The minimum atomic E-state index is -0.993. The predicted molar refractivity (Wildman–Crippen MR) is 83.3 cm³/mol. The molecule has 1 N–H and O–H groups in total. The second-order valence-corrected chi connectivity index (χ2v) is 5.15. The van der Waals surface area contributed by atoms with E-state index >= 15 is 0 Å². The molecule has 0 fully saturated rings. The number of anilines is 1. The summed E-state index contributed by atoms with van der Waals surface area (Å²) in [5.41, 5.74) is 0.574. The Labute approximate surface area is 129 Å². The zero-order chi connectivity index (χ0) is 15.3. The lowest BCUT2D eigenvalue weighted by atomic mass is 9.92. The van der Waals surface area contributed by atoms with Gasteiger partial charge in [-0.1, -0.05) is 11.6 Å². The van der Waals surface area contributed by atoms with Crippen molar-refractivity contribution in [1.82, 2.24) is 4.98 Å². The molecule has 1 atom stereocenters. The Morgan fingerprint density at radius 1 is 1.24 bits per heavy atom. The van der Waals surface area contributed by atoms with E-state index in [-0.39, 0.29) is 5.97 Å². The van der Waals surface area contributed by atoms with Gasteiger partial charge in [0.05, 0.1) is 6.61 Å². The first kappa shape index (κ1) is 15.3. The molecule has 4 nitrogen and oxygen atoms in total. The van der Waals surface area contributed by atoms with Gasteiger partial charge in [-0.05, 0) is 55.8 Å². The first-order valence-electron chi connectivity index (χ1n) is 6.67. The van der Waals surface area contributed by atoms with E-state index < -0.39 is 5.54 Å². The molecule has 1 aromatic carbocycles. The quantitative estimate of drug-likeness (QED) is 0.857. The van der Waals surface area contributed by atoms with E-state index in [0.29, 0.717) is 11.6 Å². The van der Waals surface area contributed by atoms with Gasteiger partial charge < -0.3 is 10.1 Å². The highest BCUT2D eigenvalue weighted by Gasteiger charge is 2.36. The Hall–Kier alpha value is -2.07. The van der Waals surface area contributed by atoms with Crippen LogP contribution in [0, 0.1) is 0 Å². The van der Waals surface area contributed by atoms with Crippen LogP contribution in [0.3, 0.4) is 0 Å². The number of esters is 1. The number of carbonyl (C=O) groups excluding carboxylic acids is 1. The number of hydrogen-bond acceptors (Lipinski definition) is 4. The Bertz CT molecular complexity index is 601. The van der Waals surface area contributed by atoms with Gasteiger partial charge in [-0.3, -0.25) is 4.98 Å². The molecular weight excluding hydrogens is 288 g/mol. The number of hydrogen-bond donors (Lipinski definition) is 1. The number of aromatic nitrogens is 1. The van der Waals surface area contributed by atoms with Gasteiger partial charge in [0.1, 0.15) is 0 Å². The van der Waals surface area contributed by atoms with Crippen LogP contribution in [0.25, 0.3) is 0 Å². The Morgan fingerprint density at radius 2 is 1.86 bits per heavy atom. The van der Waals surface area contributed by atoms with Crippen LogP contribution in [0.4, 0.5) is 5.69 Å². The zero-order valence-electron chi connectivity index (χ0n) is 12.0. The first-order chi connectivity index (χ1) is 10.1. The second-order valence-electron chi connectivity index (χ2n) is 4.71. The van der Waals surface area contributed by atoms with Crippen LogP contribution in [0.2, 0.25) is 5.02 Å². The molecule has 0 bridgehead atoms. The van der Waals surface area contributed by atoms with Crippen LogP contribution in [-0.4, -0.2) is 17.6 Å². The van der Waals surface area contributed by atoms with Gasteiger partial charge in [-0.2, -0.15) is 0 Å². The normalized spacial score (nSPS) is 13.3. The van der Waals surface area contributed by atoms with Gasteiger partial charge in [0, 0.05) is 23.1 Å². The lowest BCUT2D eigenvalue weighted by molar-refractivity contribution is -0.148. The zero-order valence-corrected chi connectivity index (χ0v) is 12.7. The van der Waals surface area contributed by atoms with Crippen molar-refractivity contribution in [1.29, 1.82) is 0 Å². The third kappa shape index (κ3) is 3.52. The number of halogens is 1. The minimum Gasteiger partial charge on any atom is -0.464 e. The highest BCUT2D eigenvalue weighted by Crippen LogP contribution is 2.28. The summed E-state index contributed by atoms with van der Waals surface area (Å²) in [5.74, 6) is -0.342. The minimum absolute atomic E-state index is 0.321. The molecule has 0 aliphatic heterocycles. The number of ether oxygens (including phenoxy) is 1. The first-order valence-corrected chi connectivity index (χ1v) is 7.05. The van der Waals surface area contributed by atoms with Crippen LogP contribution in [0.15, 0.2) is 48.8 Å². The summed E-state index contributed by atoms with van der Waals surface area (Å²) >= 11 is 5.88. The van der Waals surface area contributed by atoms with E-state index in [9.17, 15) is 4.79 Å². The van der Waals surface area contributed by atoms with Crippen molar-refractivity contribution >= 4 is 23.3 Å². The maximum absolute atomic E-state index is 12.4. The summed E-state index contributed by atoms with van der Waals surface area (Å²) in [5, 5.41) is 3.86. The molecule has 21 heavy (non-hydrogen) atoms. The van der Waals surface area contributed by atoms with Gasteiger partial charge in [-0.25, -0.2) is 4.79 Å². The lowest BCUT2D eigenvalue weighted by Gasteiger charge is -2.30. The molecule has 0 aliphatic carbocycles. The fourth-order valence-corrected chi connectivity index (χ4v) is 2.15. The standard InChI is InChI=1S/C16H17ClN2O2/c1-3-21-15(20)16(2,12-8-10-18-11-9-12)19-14-6-4-13(17)5-7-14/h4-11,19H,3H2,1-2H3. The third-order valence-corrected chi connectivity index (χ3v) is 3.43. The lowest BCUT2D eigenvalue weighted by Crippen LogP contribution is -2.42. The van der Waals surface area contributed by atoms with Crippen LogP contribution in [0.5, 0.6) is 0 Å². The molecule has 1 heterocycles. The van der Waals surface area contributed by atoms with Gasteiger partial charge in [0.15, 0.2) is 5.54 Å². The van der Waals surface area contributed by atoms with Crippen molar-refractivity contribution in [3.63, 3.8) is 0 Å². The molecule has 0 spiro atoms. The molecule has 0 saturated heterocycles. The molecule has 0 aliphatic rings. The highest BCUT2D eigenvalue weighted by molar-refractivity contribution is 6.30. The largest absolute Gasteiger partial charge is 0.464 e. The summed E-state index contributed by atoms with van der Waals surface area (Å²) in [6.07, 6.45) is 3.30. The number of rotatable bonds is 5. The highest BCUT2D eigenvalue weighted by atomic mass is 35.5. The molecular formula is C16H17ClN2O2. The average Bonchev–Trinajstić information content (AvgIpc) is 2.50. The van der Waals surface area contributed by atoms with Gasteiger partial charge in [0.25, 0.3) is 0 Å². The van der Waals surface area contributed by atoms with E-state index in [1.165, 1.54) is 0 Å². The maximum atomic E-state index is 12.4. The van der Waals surface area contributed by atoms with E-state index in [2.05, 4.69) is 10.3 Å². The number of nitrogens with zero attached hydrogens (tertiary/aromatic N) is 1. The van der Waals surface area contributed by atoms with Crippen LogP contribution >= 0.6 is 11.6 Å². The van der Waals surface area contributed by atoms with Crippen molar-refractivity contribution < 1.29 is 9.53 Å². The van der Waals surface area contributed by atoms with E-state index in [0.717, 1.165) is 11.3 Å². The second kappa shape index (κ2) is 6.59. The van der Waals surface area contributed by atoms with Gasteiger partial charge in [0.2, 0.25) is 0 Å². The smallest absolute Gasteiger partial charge is 0.336 e. The number of nitrogens with one attached hydrogen (secondary N) is 1. The Kier molecular flexibility index (Phi) is 4.81. The number of pyridine rings is 1. The number of carbonyl (C=O) groups is 1. The van der Waals surface area contributed by atoms with E-state index in [1.54, 1.807) is 50.5 Å². The summed E-state index contributed by atoms with van der Waals surface area (Å²) in [7, 11) is 0. The molecule has 2 aromatic rings. The molecule has 1 aromatic heterocycles. The van der Waals surface area contributed by atoms with Gasteiger partial charge in [-0.15, -0.1) is 0 Å². The third-order valence-electron chi connectivity index (χ3n) is 3.18. The Balaban J connectivity index is 2.36. The molecule has 110 valence electrons. The summed E-state index contributed by atoms with van der Waals surface area (Å²) in [6.45, 7) is 3.89. The fourth-order valence-electron chi connectivity index (χ4n) is 2.02. The summed E-state index contributed by atoms with van der Waals surface area (Å²) in [6, 6.07) is 10.8. The Morgan fingerprint density at radius 3 is 2.43 bits per heavy atom. The molecule has 0 amide bonds. The van der Waals surface area contributed by atoms with Crippen LogP contribution in [0.1, 0.15) is 19.4 Å². The summed E-state index contributed by atoms with van der Waals surface area (Å²) in [4.78, 5) is 16.4. The van der Waals surface area contributed by atoms with Crippen molar-refractivity contribution in [3.05, 3.63) is 59.4 Å². The molecule has 0 radical (unpaired) electrons. The SMILES string of the molecule is CCOC(=O)C(C)(Nc1ccc(Cl)cc1)c1ccncc1. The molecule has 2 rings (SSSR count). The molecule has 5 heteroatoms. The van der Waals surface area contributed by atoms with Crippen molar-refractivity contribution in [2.24, 2.45) is 0 Å². The van der Waals surface area contributed by atoms with E-state index in [4.69, 9.17) is 16.3 Å². The summed E-state index contributed by atoms with van der Waals surface area (Å²) < 4.78 is 5.21. The van der Waals surface area contributed by atoms with Crippen LogP contribution in [-0.2, 0) is 15.1 Å². The topological polar surface area (TPSA) is 51.2 Å². The maximum Gasteiger partial charge on any atom is 0.336 e. The monoisotopic (exact) mass is 304 g/mol.